The second kappa shape index (κ2) is 10.4. The summed E-state index contributed by atoms with van der Waals surface area (Å²) in [7, 11) is -4.89. The van der Waals surface area contributed by atoms with Gasteiger partial charge in [-0.2, -0.15) is 5.10 Å². The van der Waals surface area contributed by atoms with E-state index in [2.05, 4.69) is 24.7 Å². The number of aromatic nitrogens is 2. The maximum atomic E-state index is 12.7. The lowest BCUT2D eigenvalue weighted by Gasteiger charge is -2.31. The number of halogens is 1. The smallest absolute Gasteiger partial charge is 0.234 e. The summed E-state index contributed by atoms with van der Waals surface area (Å²) < 4.78 is 34.4. The molecule has 3 rings (SSSR count). The first kappa shape index (κ1) is 26.7. The van der Waals surface area contributed by atoms with E-state index >= 15 is 0 Å². The van der Waals surface area contributed by atoms with Gasteiger partial charge in [-0.3, -0.25) is 4.68 Å². The van der Waals surface area contributed by atoms with Crippen molar-refractivity contribution in [2.24, 2.45) is 0 Å². The normalized spacial score (nSPS) is 14.3. The molecule has 1 N–H and O–H groups in total. The minimum atomic E-state index is -3.59. The van der Waals surface area contributed by atoms with E-state index in [1.165, 1.54) is 10.6 Å². The van der Waals surface area contributed by atoms with Crippen LogP contribution in [0.2, 0.25) is 30.7 Å². The molecule has 34 heavy (non-hydrogen) atoms. The number of ether oxygens (including phenoxy) is 1. The summed E-state index contributed by atoms with van der Waals surface area (Å²) in [6, 6.07) is 13.9. The minimum absolute atomic E-state index is 0.0411. The van der Waals surface area contributed by atoms with Gasteiger partial charge in [-0.05, 0) is 49.2 Å². The van der Waals surface area contributed by atoms with Gasteiger partial charge in [0.15, 0.2) is 0 Å². The van der Waals surface area contributed by atoms with Crippen molar-refractivity contribution >= 4 is 46.3 Å². The Morgan fingerprint density at radius 2 is 1.85 bits per heavy atom. The highest BCUT2D eigenvalue weighted by Gasteiger charge is 2.32. The highest BCUT2D eigenvalue weighted by molar-refractivity contribution is 7.92. The number of sulfonamides is 1. The molecule has 3 aromatic rings. The molecule has 0 bridgehead atoms. The summed E-state index contributed by atoms with van der Waals surface area (Å²) in [5, 5.41) is 15.8. The zero-order valence-corrected chi connectivity index (χ0v) is 23.0. The molecular formula is C24H34ClN3O4SSi. The third kappa shape index (κ3) is 6.01. The molecule has 7 nitrogen and oxygen atoms in total. The first-order valence-corrected chi connectivity index (χ1v) is 17.2. The predicted octanol–water partition coefficient (Wildman–Crippen LogP) is 4.91. The Balaban J connectivity index is 2.04. The van der Waals surface area contributed by atoms with Gasteiger partial charge in [0.1, 0.15) is 6.73 Å². The number of aliphatic hydroxyl groups is 1. The van der Waals surface area contributed by atoms with Crippen molar-refractivity contribution in [3.63, 3.8) is 0 Å². The average Bonchev–Trinajstić information content (AvgIpc) is 3.18. The molecule has 2 aromatic carbocycles. The maximum absolute atomic E-state index is 12.7. The number of aliphatic hydroxyl groups excluding tert-OH is 1. The lowest BCUT2D eigenvalue weighted by atomic mass is 9.88. The van der Waals surface area contributed by atoms with Crippen LogP contribution in [0.1, 0.15) is 18.9 Å². The van der Waals surface area contributed by atoms with Crippen LogP contribution in [0, 0.1) is 0 Å². The van der Waals surface area contributed by atoms with E-state index in [0.717, 1.165) is 17.1 Å². The van der Waals surface area contributed by atoms with Crippen molar-refractivity contribution in [2.45, 2.75) is 44.6 Å². The van der Waals surface area contributed by atoms with Crippen LogP contribution < -0.4 is 4.31 Å². The molecule has 0 aliphatic carbocycles. The lowest BCUT2D eigenvalue weighted by Crippen LogP contribution is -2.34. The summed E-state index contributed by atoms with van der Waals surface area (Å²) in [5.41, 5.74) is 1.56. The Bertz CT molecular complexity index is 1230. The second-order valence-corrected chi connectivity index (χ2v) is 17.9. The van der Waals surface area contributed by atoms with Gasteiger partial charge in [0.05, 0.1) is 29.2 Å². The molecule has 1 atom stereocenters. The van der Waals surface area contributed by atoms with Gasteiger partial charge in [-0.25, -0.2) is 12.7 Å². The minimum Gasteiger partial charge on any atom is -0.396 e. The van der Waals surface area contributed by atoms with Gasteiger partial charge in [-0.15, -0.1) is 0 Å². The van der Waals surface area contributed by atoms with Crippen LogP contribution in [0.15, 0.2) is 48.7 Å². The van der Waals surface area contributed by atoms with Crippen molar-refractivity contribution in [3.8, 4) is 0 Å². The van der Waals surface area contributed by atoms with E-state index < -0.39 is 23.6 Å². The van der Waals surface area contributed by atoms with Crippen molar-refractivity contribution in [2.75, 3.05) is 30.5 Å². The van der Waals surface area contributed by atoms with Crippen LogP contribution in [0.25, 0.3) is 10.9 Å². The number of benzene rings is 2. The molecule has 10 heteroatoms. The van der Waals surface area contributed by atoms with E-state index in [-0.39, 0.29) is 13.3 Å². The number of hydrogen-bond acceptors (Lipinski definition) is 5. The molecule has 0 aliphatic rings. The monoisotopic (exact) mass is 523 g/mol. The Hall–Kier alpha value is -1.91. The Kier molecular flexibility index (Phi) is 8.14. The van der Waals surface area contributed by atoms with Gasteiger partial charge in [0, 0.05) is 31.7 Å². The topological polar surface area (TPSA) is 84.7 Å². The zero-order valence-electron chi connectivity index (χ0n) is 20.5. The average molecular weight is 524 g/mol. The summed E-state index contributed by atoms with van der Waals surface area (Å²) in [5.74, 6) is 0. The van der Waals surface area contributed by atoms with Crippen LogP contribution in [-0.4, -0.2) is 57.6 Å². The zero-order chi connectivity index (χ0) is 25.1. The third-order valence-electron chi connectivity index (χ3n) is 6.00. The molecule has 1 aromatic heterocycles. The van der Waals surface area contributed by atoms with Crippen LogP contribution in [0.4, 0.5) is 5.69 Å². The number of rotatable bonds is 11. The SMILES string of the molecule is CC(CCO)(c1ccc(Cl)cc1)n1ncc2c(N(COCC[Si](C)(C)C)S(C)(=O)=O)cccc21. The van der Waals surface area contributed by atoms with Crippen molar-refractivity contribution in [1.82, 2.24) is 9.78 Å². The van der Waals surface area contributed by atoms with Gasteiger partial charge >= 0.3 is 0 Å². The maximum Gasteiger partial charge on any atom is 0.234 e. The quantitative estimate of drug-likeness (QED) is 0.219. The Morgan fingerprint density at radius 3 is 2.44 bits per heavy atom. The molecule has 1 unspecified atom stereocenters. The number of hydrogen-bond donors (Lipinski definition) is 1. The van der Waals surface area contributed by atoms with E-state index in [1.807, 2.05) is 48.0 Å². The molecule has 0 saturated heterocycles. The van der Waals surface area contributed by atoms with Crippen molar-refractivity contribution < 1.29 is 18.3 Å². The lowest BCUT2D eigenvalue weighted by molar-refractivity contribution is 0.156. The third-order valence-corrected chi connectivity index (χ3v) is 9.06. The second-order valence-electron chi connectivity index (χ2n) is 9.98. The van der Waals surface area contributed by atoms with Gasteiger partial charge < -0.3 is 9.84 Å². The highest BCUT2D eigenvalue weighted by Crippen LogP contribution is 2.36. The fraction of sp³-hybridized carbons (Fsp3) is 0.458. The van der Waals surface area contributed by atoms with E-state index in [9.17, 15) is 13.5 Å². The summed E-state index contributed by atoms with van der Waals surface area (Å²) in [4.78, 5) is 0. The van der Waals surface area contributed by atoms with Gasteiger partial charge in [0.2, 0.25) is 10.0 Å². The van der Waals surface area contributed by atoms with Gasteiger partial charge in [0.25, 0.3) is 0 Å². The van der Waals surface area contributed by atoms with Crippen LogP contribution in [-0.2, 0) is 20.3 Å². The molecular weight excluding hydrogens is 490 g/mol. The fourth-order valence-electron chi connectivity index (χ4n) is 3.92. The molecule has 0 radical (unpaired) electrons. The molecule has 0 aliphatic heterocycles. The first-order chi connectivity index (χ1) is 15.9. The Morgan fingerprint density at radius 1 is 1.18 bits per heavy atom. The van der Waals surface area contributed by atoms with E-state index in [4.69, 9.17) is 16.3 Å². The molecule has 186 valence electrons. The van der Waals surface area contributed by atoms with Crippen molar-refractivity contribution in [3.05, 3.63) is 59.2 Å². The molecule has 0 saturated carbocycles. The standard InChI is InChI=1S/C24H34ClN3O4SSi/c1-24(13-14-29,19-9-11-20(25)12-10-19)28-23-8-6-7-22(21(23)17-26-28)27(33(2,30)31)18-32-15-16-34(3,4)5/h6-12,17,29H,13-16,18H2,1-5H3. The predicted molar refractivity (Wildman–Crippen MR) is 142 cm³/mol. The highest BCUT2D eigenvalue weighted by atomic mass is 35.5. The summed E-state index contributed by atoms with van der Waals surface area (Å²) in [6.45, 7) is 9.18. The number of nitrogens with zero attached hydrogens (tertiary/aromatic N) is 3. The first-order valence-electron chi connectivity index (χ1n) is 11.3. The molecule has 0 spiro atoms. The largest absolute Gasteiger partial charge is 0.396 e. The van der Waals surface area contributed by atoms with Crippen LogP contribution in [0.3, 0.4) is 0 Å². The molecule has 0 amide bonds. The van der Waals surface area contributed by atoms with Crippen LogP contribution >= 0.6 is 11.6 Å². The molecule has 0 fully saturated rings. The number of fused-ring (bicyclic) bond motifs is 1. The molecule has 1 heterocycles. The van der Waals surface area contributed by atoms with Crippen molar-refractivity contribution in [1.29, 1.82) is 0 Å². The fourth-order valence-corrected chi connectivity index (χ4v) is 5.58. The Labute approximate surface area is 208 Å². The van der Waals surface area contributed by atoms with E-state index in [0.29, 0.717) is 29.1 Å². The number of anilines is 1. The summed E-state index contributed by atoms with van der Waals surface area (Å²) >= 11 is 6.09. The van der Waals surface area contributed by atoms with E-state index in [1.54, 1.807) is 12.3 Å². The van der Waals surface area contributed by atoms with Gasteiger partial charge in [-0.1, -0.05) is 49.4 Å². The van der Waals surface area contributed by atoms with Crippen LogP contribution in [0.5, 0.6) is 0 Å². The summed E-state index contributed by atoms with van der Waals surface area (Å²) in [6.07, 6.45) is 3.28.